The average Bonchev–Trinajstić information content (AvgIpc) is 2.82. The number of ketones is 1. The highest BCUT2D eigenvalue weighted by atomic mass is 16.1. The molecule has 1 unspecified atom stereocenters. The summed E-state index contributed by atoms with van der Waals surface area (Å²) in [5, 5.41) is 0. The van der Waals surface area contributed by atoms with Crippen LogP contribution in [0.15, 0.2) is 36.8 Å². The molecule has 1 atom stereocenters. The van der Waals surface area contributed by atoms with Crippen LogP contribution in [0, 0.1) is 6.92 Å². The molecule has 0 bridgehead atoms. The summed E-state index contributed by atoms with van der Waals surface area (Å²) in [6, 6.07) is 5.87. The van der Waals surface area contributed by atoms with Gasteiger partial charge in [-0.05, 0) is 43.0 Å². The molecular weight excluding hydrogens is 224 g/mol. The second-order valence-electron chi connectivity index (χ2n) is 4.69. The number of pyridine rings is 2. The van der Waals surface area contributed by atoms with Gasteiger partial charge in [-0.25, -0.2) is 0 Å². The Kier molecular flexibility index (Phi) is 2.67. The van der Waals surface area contributed by atoms with E-state index in [2.05, 4.69) is 16.0 Å². The summed E-state index contributed by atoms with van der Waals surface area (Å²) in [6.07, 6.45) is 6.95. The van der Waals surface area contributed by atoms with Gasteiger partial charge in [-0.1, -0.05) is 6.07 Å². The lowest BCUT2D eigenvalue weighted by Crippen LogP contribution is -2.13. The summed E-state index contributed by atoms with van der Waals surface area (Å²) in [5.74, 6) is 0.0575. The van der Waals surface area contributed by atoms with Gasteiger partial charge < -0.3 is 0 Å². The third-order valence-electron chi connectivity index (χ3n) is 3.58. The highest BCUT2D eigenvalue weighted by Crippen LogP contribution is 2.34. The summed E-state index contributed by atoms with van der Waals surface area (Å²) in [7, 11) is 0. The van der Waals surface area contributed by atoms with Crippen molar-refractivity contribution in [3.63, 3.8) is 0 Å². The van der Waals surface area contributed by atoms with Gasteiger partial charge in [0.25, 0.3) is 0 Å². The second kappa shape index (κ2) is 4.33. The number of hydrogen-bond acceptors (Lipinski definition) is 3. The van der Waals surface area contributed by atoms with Crippen LogP contribution in [0.5, 0.6) is 0 Å². The van der Waals surface area contributed by atoms with Crippen LogP contribution in [0.25, 0.3) is 0 Å². The molecule has 3 nitrogen and oxygen atoms in total. The lowest BCUT2D eigenvalue weighted by molar-refractivity contribution is 0.0957. The quantitative estimate of drug-likeness (QED) is 0.755. The summed E-state index contributed by atoms with van der Waals surface area (Å²) >= 11 is 0. The number of aryl methyl sites for hydroxylation is 2. The van der Waals surface area contributed by atoms with E-state index in [-0.39, 0.29) is 11.7 Å². The van der Waals surface area contributed by atoms with Gasteiger partial charge in [-0.2, -0.15) is 0 Å². The van der Waals surface area contributed by atoms with E-state index < -0.39 is 0 Å². The molecule has 0 saturated heterocycles. The molecule has 0 aliphatic heterocycles. The van der Waals surface area contributed by atoms with Crippen molar-refractivity contribution in [2.45, 2.75) is 25.7 Å². The Balaban J connectivity index is 1.99. The molecule has 0 aromatic carbocycles. The van der Waals surface area contributed by atoms with Crippen molar-refractivity contribution in [1.29, 1.82) is 0 Å². The molecule has 0 amide bonds. The molecular formula is C15H14N2O. The van der Waals surface area contributed by atoms with Gasteiger partial charge in [0.2, 0.25) is 0 Å². The lowest BCUT2D eigenvalue weighted by atomic mass is 9.94. The van der Waals surface area contributed by atoms with Crippen LogP contribution in [0.3, 0.4) is 0 Å². The molecule has 1 aliphatic carbocycles. The topological polar surface area (TPSA) is 42.9 Å². The van der Waals surface area contributed by atoms with Crippen molar-refractivity contribution in [1.82, 2.24) is 9.97 Å². The van der Waals surface area contributed by atoms with Gasteiger partial charge in [-0.15, -0.1) is 0 Å². The van der Waals surface area contributed by atoms with E-state index in [1.165, 1.54) is 5.56 Å². The predicted octanol–water partition coefficient (Wildman–Crippen LogP) is 2.70. The third-order valence-corrected chi connectivity index (χ3v) is 3.58. The Hall–Kier alpha value is -2.03. The van der Waals surface area contributed by atoms with Gasteiger partial charge in [0.15, 0.2) is 5.78 Å². The molecule has 0 saturated carbocycles. The van der Waals surface area contributed by atoms with Crippen molar-refractivity contribution < 1.29 is 4.79 Å². The normalized spacial score (nSPS) is 17.5. The maximum Gasteiger partial charge on any atom is 0.173 e. The zero-order valence-electron chi connectivity index (χ0n) is 10.3. The fourth-order valence-electron chi connectivity index (χ4n) is 2.58. The number of rotatable bonds is 2. The van der Waals surface area contributed by atoms with Crippen molar-refractivity contribution in [2.24, 2.45) is 0 Å². The summed E-state index contributed by atoms with van der Waals surface area (Å²) in [6.45, 7) is 1.95. The molecule has 18 heavy (non-hydrogen) atoms. The van der Waals surface area contributed by atoms with E-state index in [9.17, 15) is 4.79 Å². The van der Waals surface area contributed by atoms with E-state index in [4.69, 9.17) is 0 Å². The first-order valence-electron chi connectivity index (χ1n) is 6.16. The van der Waals surface area contributed by atoms with Crippen molar-refractivity contribution in [3.8, 4) is 0 Å². The van der Waals surface area contributed by atoms with Gasteiger partial charge in [0, 0.05) is 24.2 Å². The summed E-state index contributed by atoms with van der Waals surface area (Å²) in [5.41, 5.74) is 3.86. The molecule has 90 valence electrons. The van der Waals surface area contributed by atoms with Crippen LogP contribution in [0.2, 0.25) is 0 Å². The number of aromatic nitrogens is 2. The van der Waals surface area contributed by atoms with Crippen LogP contribution in [-0.4, -0.2) is 15.8 Å². The highest BCUT2D eigenvalue weighted by Gasteiger charge is 2.30. The first-order valence-corrected chi connectivity index (χ1v) is 6.16. The van der Waals surface area contributed by atoms with Crippen LogP contribution in [0.4, 0.5) is 0 Å². The summed E-state index contributed by atoms with van der Waals surface area (Å²) in [4.78, 5) is 21.0. The number of fused-ring (bicyclic) bond motifs is 1. The average molecular weight is 238 g/mol. The maximum atomic E-state index is 12.6. The van der Waals surface area contributed by atoms with Gasteiger partial charge in [0.05, 0.1) is 11.6 Å². The molecule has 2 aromatic heterocycles. The molecule has 0 radical (unpaired) electrons. The maximum absolute atomic E-state index is 12.6. The molecule has 2 heterocycles. The minimum atomic E-state index is -0.0934. The zero-order valence-corrected chi connectivity index (χ0v) is 10.3. The summed E-state index contributed by atoms with van der Waals surface area (Å²) < 4.78 is 0. The Bertz CT molecular complexity index is 607. The van der Waals surface area contributed by atoms with Crippen molar-refractivity contribution >= 4 is 5.78 Å². The van der Waals surface area contributed by atoms with Crippen LogP contribution < -0.4 is 0 Å². The largest absolute Gasteiger partial charge is 0.293 e. The van der Waals surface area contributed by atoms with E-state index in [0.29, 0.717) is 0 Å². The highest BCUT2D eigenvalue weighted by molar-refractivity contribution is 6.02. The monoisotopic (exact) mass is 238 g/mol. The van der Waals surface area contributed by atoms with E-state index in [1.54, 1.807) is 18.6 Å². The molecule has 3 heteroatoms. The minimum absolute atomic E-state index is 0.0934. The lowest BCUT2D eigenvalue weighted by Gasteiger charge is -2.10. The minimum Gasteiger partial charge on any atom is -0.293 e. The SMILES string of the molecule is Cc1ccncc1C(=O)C1CCc2cccnc21. The molecule has 2 aromatic rings. The second-order valence-corrected chi connectivity index (χ2v) is 4.69. The predicted molar refractivity (Wildman–Crippen MR) is 68.6 cm³/mol. The molecule has 0 spiro atoms. The first kappa shape index (κ1) is 11.1. The van der Waals surface area contributed by atoms with E-state index >= 15 is 0 Å². The van der Waals surface area contributed by atoms with Crippen LogP contribution >= 0.6 is 0 Å². The Morgan fingerprint density at radius 2 is 2.22 bits per heavy atom. The Morgan fingerprint density at radius 1 is 1.33 bits per heavy atom. The molecule has 0 N–H and O–H groups in total. The molecule has 3 rings (SSSR count). The third kappa shape index (κ3) is 1.72. The fourth-order valence-corrected chi connectivity index (χ4v) is 2.58. The smallest absolute Gasteiger partial charge is 0.173 e. The number of carbonyl (C=O) groups is 1. The van der Waals surface area contributed by atoms with E-state index in [1.807, 2.05) is 19.1 Å². The molecule has 1 aliphatic rings. The fraction of sp³-hybridized carbons (Fsp3) is 0.267. The van der Waals surface area contributed by atoms with Crippen molar-refractivity contribution in [3.05, 3.63) is 59.2 Å². The molecule has 0 fully saturated rings. The number of hydrogen-bond donors (Lipinski definition) is 0. The zero-order chi connectivity index (χ0) is 12.5. The number of Topliss-reactive ketones (excluding diaryl/α,β-unsaturated/α-hetero) is 1. The number of nitrogens with zero attached hydrogens (tertiary/aromatic N) is 2. The first-order chi connectivity index (χ1) is 8.77. The van der Waals surface area contributed by atoms with Gasteiger partial charge in [-0.3, -0.25) is 14.8 Å². The Morgan fingerprint density at radius 3 is 3.06 bits per heavy atom. The van der Waals surface area contributed by atoms with Gasteiger partial charge in [0.1, 0.15) is 0 Å². The van der Waals surface area contributed by atoms with Crippen molar-refractivity contribution in [2.75, 3.05) is 0 Å². The number of carbonyl (C=O) groups excluding carboxylic acids is 1. The van der Waals surface area contributed by atoms with Crippen LogP contribution in [0.1, 0.15) is 39.5 Å². The standard InChI is InChI=1S/C15H14N2O/c1-10-6-8-16-9-13(10)15(18)12-5-4-11-3-2-7-17-14(11)12/h2-3,6-9,12H,4-5H2,1H3. The van der Waals surface area contributed by atoms with Crippen LogP contribution in [-0.2, 0) is 6.42 Å². The Labute approximate surface area is 106 Å². The van der Waals surface area contributed by atoms with E-state index in [0.717, 1.165) is 29.7 Å². The van der Waals surface area contributed by atoms with Gasteiger partial charge >= 0.3 is 0 Å².